The van der Waals surface area contributed by atoms with Crippen LogP contribution in [-0.4, -0.2) is 6.04 Å². The Labute approximate surface area is 106 Å². The van der Waals surface area contributed by atoms with Crippen LogP contribution >= 0.6 is 0 Å². The summed E-state index contributed by atoms with van der Waals surface area (Å²) in [5, 5.41) is 3.47. The maximum Gasteiger partial charge on any atom is 0.130 e. The summed E-state index contributed by atoms with van der Waals surface area (Å²) in [5.74, 6) is 2.62. The number of fused-ring (bicyclic) bond motifs is 5. The van der Waals surface area contributed by atoms with Gasteiger partial charge in [0.1, 0.15) is 11.6 Å². The number of benzene rings is 1. The zero-order chi connectivity index (χ0) is 12.3. The van der Waals surface area contributed by atoms with Crippen LogP contribution in [0.5, 0.6) is 0 Å². The van der Waals surface area contributed by atoms with Gasteiger partial charge in [-0.1, -0.05) is 6.07 Å². The third-order valence-electron chi connectivity index (χ3n) is 5.28. The van der Waals surface area contributed by atoms with Crippen molar-refractivity contribution in [2.45, 2.75) is 31.8 Å². The van der Waals surface area contributed by atoms with Gasteiger partial charge in [-0.2, -0.15) is 0 Å². The van der Waals surface area contributed by atoms with Crippen molar-refractivity contribution in [3.63, 3.8) is 0 Å². The highest BCUT2D eigenvalue weighted by molar-refractivity contribution is 5.21. The Morgan fingerprint density at radius 1 is 1.11 bits per heavy atom. The van der Waals surface area contributed by atoms with Crippen molar-refractivity contribution in [2.75, 3.05) is 0 Å². The molecule has 3 saturated carbocycles. The summed E-state index contributed by atoms with van der Waals surface area (Å²) < 4.78 is 26.3. The Bertz CT molecular complexity index is 471. The lowest BCUT2D eigenvalue weighted by Crippen LogP contribution is -2.23. The molecule has 4 rings (SSSR count). The number of nitrogens with one attached hydrogen (secondary N) is 1. The Balaban J connectivity index is 1.40. The van der Waals surface area contributed by atoms with Gasteiger partial charge in [0.2, 0.25) is 0 Å². The third-order valence-corrected chi connectivity index (χ3v) is 5.28. The van der Waals surface area contributed by atoms with E-state index in [4.69, 9.17) is 0 Å². The Kier molecular flexibility index (Phi) is 2.28. The number of rotatable bonds is 3. The molecular weight excluding hydrogens is 232 g/mol. The molecule has 3 aliphatic carbocycles. The van der Waals surface area contributed by atoms with Crippen LogP contribution in [0.1, 0.15) is 24.8 Å². The molecule has 0 saturated heterocycles. The molecule has 96 valence electrons. The fourth-order valence-corrected chi connectivity index (χ4v) is 4.49. The molecule has 3 aliphatic rings. The molecule has 4 unspecified atom stereocenters. The molecule has 0 aliphatic heterocycles. The summed E-state index contributed by atoms with van der Waals surface area (Å²) in [7, 11) is 0. The second kappa shape index (κ2) is 3.77. The van der Waals surface area contributed by atoms with Gasteiger partial charge < -0.3 is 5.32 Å². The van der Waals surface area contributed by atoms with E-state index < -0.39 is 11.6 Å². The third kappa shape index (κ3) is 1.53. The van der Waals surface area contributed by atoms with E-state index in [0.717, 1.165) is 29.7 Å². The second-order valence-electron chi connectivity index (χ2n) is 6.13. The first-order valence-corrected chi connectivity index (χ1v) is 6.91. The Hall–Kier alpha value is -0.960. The maximum absolute atomic E-state index is 13.5. The molecule has 1 nitrogen and oxygen atoms in total. The van der Waals surface area contributed by atoms with Crippen LogP contribution in [-0.2, 0) is 6.54 Å². The summed E-state index contributed by atoms with van der Waals surface area (Å²) in [6.45, 7) is 0.531. The van der Waals surface area contributed by atoms with E-state index in [0.29, 0.717) is 18.2 Å². The van der Waals surface area contributed by atoms with Gasteiger partial charge in [0, 0.05) is 24.2 Å². The normalized spacial score (nSPS) is 40.0. The smallest absolute Gasteiger partial charge is 0.130 e. The van der Waals surface area contributed by atoms with Crippen molar-refractivity contribution in [2.24, 2.45) is 23.7 Å². The summed E-state index contributed by atoms with van der Waals surface area (Å²) in [4.78, 5) is 0. The van der Waals surface area contributed by atoms with Gasteiger partial charge in [0.15, 0.2) is 0 Å². The zero-order valence-corrected chi connectivity index (χ0v) is 10.2. The van der Waals surface area contributed by atoms with Crippen molar-refractivity contribution < 1.29 is 8.78 Å². The minimum Gasteiger partial charge on any atom is -0.309 e. The SMILES string of the molecule is Fc1ccc(CNC2C3C4CCC(C4)C23)c(F)c1. The Morgan fingerprint density at radius 2 is 1.83 bits per heavy atom. The summed E-state index contributed by atoms with van der Waals surface area (Å²) in [6.07, 6.45) is 4.22. The summed E-state index contributed by atoms with van der Waals surface area (Å²) in [6, 6.07) is 4.44. The standard InChI is InChI=1S/C15H17F2N/c16-11-4-3-10(12(17)6-11)7-18-15-13-8-1-2-9(5-8)14(13)15/h3-4,6,8-9,13-15,18H,1-2,5,7H2. The summed E-state index contributed by atoms with van der Waals surface area (Å²) >= 11 is 0. The van der Waals surface area contributed by atoms with Gasteiger partial charge in [-0.05, 0) is 49.0 Å². The van der Waals surface area contributed by atoms with Gasteiger partial charge in [-0.25, -0.2) is 8.78 Å². The van der Waals surface area contributed by atoms with Gasteiger partial charge in [0.25, 0.3) is 0 Å². The van der Waals surface area contributed by atoms with E-state index in [1.165, 1.54) is 25.3 Å². The molecule has 1 N–H and O–H groups in total. The van der Waals surface area contributed by atoms with Crippen LogP contribution in [0.25, 0.3) is 0 Å². The highest BCUT2D eigenvalue weighted by Crippen LogP contribution is 2.65. The lowest BCUT2D eigenvalue weighted by atomic mass is 10.0. The van der Waals surface area contributed by atoms with Gasteiger partial charge >= 0.3 is 0 Å². The fourth-order valence-electron chi connectivity index (χ4n) is 4.49. The van der Waals surface area contributed by atoms with Crippen LogP contribution in [0.3, 0.4) is 0 Å². The lowest BCUT2D eigenvalue weighted by Gasteiger charge is -2.11. The van der Waals surface area contributed by atoms with Gasteiger partial charge in [0.05, 0.1) is 0 Å². The molecule has 1 aromatic rings. The highest BCUT2D eigenvalue weighted by Gasteiger charge is 2.64. The van der Waals surface area contributed by atoms with Crippen molar-refractivity contribution in [1.82, 2.24) is 5.32 Å². The lowest BCUT2D eigenvalue weighted by molar-refractivity contribution is 0.456. The minimum absolute atomic E-state index is 0.434. The second-order valence-corrected chi connectivity index (χ2v) is 6.13. The monoisotopic (exact) mass is 249 g/mol. The molecule has 3 fully saturated rings. The predicted molar refractivity (Wildman–Crippen MR) is 64.8 cm³/mol. The molecule has 0 heterocycles. The average molecular weight is 249 g/mol. The van der Waals surface area contributed by atoms with E-state index in [-0.39, 0.29) is 0 Å². The first-order chi connectivity index (χ1) is 8.74. The molecule has 4 atom stereocenters. The van der Waals surface area contributed by atoms with Crippen LogP contribution in [0, 0.1) is 35.3 Å². The van der Waals surface area contributed by atoms with Crippen LogP contribution in [0.4, 0.5) is 8.78 Å². The molecule has 3 heteroatoms. The maximum atomic E-state index is 13.5. The van der Waals surface area contributed by atoms with E-state index in [2.05, 4.69) is 5.32 Å². The van der Waals surface area contributed by atoms with Crippen LogP contribution in [0.2, 0.25) is 0 Å². The van der Waals surface area contributed by atoms with Crippen molar-refractivity contribution >= 4 is 0 Å². The van der Waals surface area contributed by atoms with Crippen molar-refractivity contribution in [3.05, 3.63) is 35.4 Å². The van der Waals surface area contributed by atoms with Crippen LogP contribution in [0.15, 0.2) is 18.2 Å². The molecule has 0 aromatic heterocycles. The molecular formula is C15H17F2N. The molecule has 0 spiro atoms. The highest BCUT2D eigenvalue weighted by atomic mass is 19.1. The largest absolute Gasteiger partial charge is 0.309 e. The average Bonchev–Trinajstić information content (AvgIpc) is 2.75. The van der Waals surface area contributed by atoms with E-state index in [9.17, 15) is 8.78 Å². The topological polar surface area (TPSA) is 12.0 Å². The molecule has 0 radical (unpaired) electrons. The van der Waals surface area contributed by atoms with E-state index in [1.807, 2.05) is 0 Å². The quantitative estimate of drug-likeness (QED) is 0.868. The first kappa shape index (κ1) is 10.9. The molecule has 0 amide bonds. The predicted octanol–water partition coefficient (Wildman–Crippen LogP) is 3.10. The van der Waals surface area contributed by atoms with Crippen LogP contribution < -0.4 is 5.32 Å². The summed E-state index contributed by atoms with van der Waals surface area (Å²) in [5.41, 5.74) is 0.578. The van der Waals surface area contributed by atoms with Gasteiger partial charge in [-0.3, -0.25) is 0 Å². The number of hydrogen-bond acceptors (Lipinski definition) is 1. The zero-order valence-electron chi connectivity index (χ0n) is 10.2. The minimum atomic E-state index is -0.502. The first-order valence-electron chi connectivity index (χ1n) is 6.91. The number of hydrogen-bond donors (Lipinski definition) is 1. The van der Waals surface area contributed by atoms with Crippen molar-refractivity contribution in [3.8, 4) is 0 Å². The van der Waals surface area contributed by atoms with E-state index in [1.54, 1.807) is 6.07 Å². The van der Waals surface area contributed by atoms with Gasteiger partial charge in [-0.15, -0.1) is 0 Å². The fraction of sp³-hybridized carbons (Fsp3) is 0.600. The Morgan fingerprint density at radius 3 is 2.50 bits per heavy atom. The molecule has 18 heavy (non-hydrogen) atoms. The molecule has 2 bridgehead atoms. The van der Waals surface area contributed by atoms with E-state index >= 15 is 0 Å². The number of halogens is 2. The molecule has 1 aromatic carbocycles. The van der Waals surface area contributed by atoms with Crippen molar-refractivity contribution in [1.29, 1.82) is 0 Å².